The average Bonchev–Trinajstić information content (AvgIpc) is 3.06. The fourth-order valence-electron chi connectivity index (χ4n) is 2.92. The number of carbonyl (C=O) groups is 1. The Bertz CT molecular complexity index is 624. The molecule has 1 N–H and O–H groups in total. The fraction of sp³-hybridized carbons (Fsp3) is 0.400. The summed E-state index contributed by atoms with van der Waals surface area (Å²) in [6.07, 6.45) is 1.49. The van der Waals surface area contributed by atoms with Gasteiger partial charge in [0.15, 0.2) is 0 Å². The molecule has 3 rings (SSSR count). The van der Waals surface area contributed by atoms with Crippen LogP contribution in [0, 0.1) is 0 Å². The van der Waals surface area contributed by atoms with E-state index in [0.717, 1.165) is 13.1 Å². The molecular weight excluding hydrogens is 266 g/mol. The Labute approximate surface area is 123 Å². The van der Waals surface area contributed by atoms with Gasteiger partial charge >= 0.3 is 0 Å². The summed E-state index contributed by atoms with van der Waals surface area (Å²) in [5.74, 6) is 0.185. The third kappa shape index (κ3) is 2.80. The molecule has 1 aliphatic heterocycles. The zero-order chi connectivity index (χ0) is 14.8. The van der Waals surface area contributed by atoms with Gasteiger partial charge < -0.3 is 10.2 Å². The Balaban J connectivity index is 1.77. The lowest BCUT2D eigenvalue weighted by molar-refractivity contribution is 0.0926. The summed E-state index contributed by atoms with van der Waals surface area (Å²) < 4.78 is 1.49. The summed E-state index contributed by atoms with van der Waals surface area (Å²) in [7, 11) is 3.80. The molecule has 2 aromatic rings. The molecule has 1 amide bonds. The van der Waals surface area contributed by atoms with Crippen LogP contribution < -0.4 is 5.32 Å². The Morgan fingerprint density at radius 1 is 1.24 bits per heavy atom. The Morgan fingerprint density at radius 3 is 2.67 bits per heavy atom. The maximum atomic E-state index is 12.3. The SMILES string of the molecule is CN1C[C@@H](NC(=O)c2cnnn2C)[C@H](c2ccccc2)C1. The van der Waals surface area contributed by atoms with Gasteiger partial charge in [0.1, 0.15) is 5.69 Å². The van der Waals surface area contributed by atoms with Gasteiger partial charge in [0.25, 0.3) is 5.91 Å². The highest BCUT2D eigenvalue weighted by Gasteiger charge is 2.33. The number of hydrogen-bond acceptors (Lipinski definition) is 4. The zero-order valence-electron chi connectivity index (χ0n) is 12.2. The highest BCUT2D eigenvalue weighted by atomic mass is 16.2. The molecule has 0 saturated carbocycles. The van der Waals surface area contributed by atoms with E-state index in [4.69, 9.17) is 0 Å². The standard InChI is InChI=1S/C15H19N5O/c1-19-9-12(11-6-4-3-5-7-11)13(10-19)17-15(21)14-8-16-18-20(14)2/h3-8,12-13H,9-10H2,1-2H3,(H,17,21)/t12-,13+/m0/s1. The zero-order valence-corrected chi connectivity index (χ0v) is 12.2. The van der Waals surface area contributed by atoms with Crippen molar-refractivity contribution in [2.75, 3.05) is 20.1 Å². The maximum absolute atomic E-state index is 12.3. The predicted octanol–water partition coefficient (Wildman–Crippen LogP) is 0.643. The lowest BCUT2D eigenvalue weighted by atomic mass is 9.94. The van der Waals surface area contributed by atoms with E-state index in [1.165, 1.54) is 16.4 Å². The molecule has 0 spiro atoms. The molecule has 1 aromatic carbocycles. The summed E-state index contributed by atoms with van der Waals surface area (Å²) in [4.78, 5) is 14.6. The van der Waals surface area contributed by atoms with Crippen LogP contribution in [0.4, 0.5) is 0 Å². The van der Waals surface area contributed by atoms with Gasteiger partial charge in [-0.05, 0) is 12.6 Å². The molecule has 0 bridgehead atoms. The fourth-order valence-corrected chi connectivity index (χ4v) is 2.92. The normalized spacial score (nSPS) is 22.4. The van der Waals surface area contributed by atoms with Crippen LogP contribution in [0.15, 0.2) is 36.5 Å². The number of aromatic nitrogens is 3. The Morgan fingerprint density at radius 2 is 2.00 bits per heavy atom. The van der Waals surface area contributed by atoms with E-state index in [1.54, 1.807) is 7.05 Å². The van der Waals surface area contributed by atoms with E-state index in [-0.39, 0.29) is 11.9 Å². The van der Waals surface area contributed by atoms with Crippen molar-refractivity contribution >= 4 is 5.91 Å². The van der Waals surface area contributed by atoms with Crippen molar-refractivity contribution in [1.82, 2.24) is 25.2 Å². The molecule has 2 heterocycles. The van der Waals surface area contributed by atoms with Crippen molar-refractivity contribution in [3.63, 3.8) is 0 Å². The number of aryl methyl sites for hydroxylation is 1. The first-order valence-corrected chi connectivity index (χ1v) is 7.04. The minimum absolute atomic E-state index is 0.0970. The summed E-state index contributed by atoms with van der Waals surface area (Å²) in [5, 5.41) is 10.7. The summed E-state index contributed by atoms with van der Waals surface area (Å²) in [6.45, 7) is 1.79. The van der Waals surface area contributed by atoms with E-state index >= 15 is 0 Å². The molecule has 6 heteroatoms. The van der Waals surface area contributed by atoms with Gasteiger partial charge in [-0.1, -0.05) is 35.5 Å². The van der Waals surface area contributed by atoms with Gasteiger partial charge in [0.2, 0.25) is 0 Å². The van der Waals surface area contributed by atoms with Gasteiger partial charge in [-0.3, -0.25) is 4.79 Å². The van der Waals surface area contributed by atoms with E-state index < -0.39 is 0 Å². The molecule has 1 aliphatic rings. The molecule has 1 aromatic heterocycles. The highest BCUT2D eigenvalue weighted by molar-refractivity contribution is 5.92. The second kappa shape index (κ2) is 5.65. The second-order valence-electron chi connectivity index (χ2n) is 5.56. The molecule has 6 nitrogen and oxygen atoms in total. The first-order valence-electron chi connectivity index (χ1n) is 7.04. The number of likely N-dealkylation sites (tertiary alicyclic amines) is 1. The topological polar surface area (TPSA) is 63.1 Å². The average molecular weight is 285 g/mol. The molecular formula is C15H19N5O. The van der Waals surface area contributed by atoms with Crippen LogP contribution >= 0.6 is 0 Å². The van der Waals surface area contributed by atoms with Gasteiger partial charge in [0, 0.05) is 32.1 Å². The van der Waals surface area contributed by atoms with E-state index in [1.807, 2.05) is 18.2 Å². The van der Waals surface area contributed by atoms with Gasteiger partial charge in [0.05, 0.1) is 6.20 Å². The number of carbonyl (C=O) groups excluding carboxylic acids is 1. The Hall–Kier alpha value is -2.21. The van der Waals surface area contributed by atoms with Crippen LogP contribution in [0.2, 0.25) is 0 Å². The molecule has 1 saturated heterocycles. The summed E-state index contributed by atoms with van der Waals surface area (Å²) in [6, 6.07) is 10.4. The van der Waals surface area contributed by atoms with Crippen LogP contribution in [-0.2, 0) is 7.05 Å². The Kier molecular flexibility index (Phi) is 3.70. The third-order valence-electron chi connectivity index (χ3n) is 3.99. The monoisotopic (exact) mass is 285 g/mol. The van der Waals surface area contributed by atoms with Gasteiger partial charge in [-0.2, -0.15) is 0 Å². The smallest absolute Gasteiger partial charge is 0.271 e. The quantitative estimate of drug-likeness (QED) is 0.899. The number of nitrogens with zero attached hydrogens (tertiary/aromatic N) is 4. The lowest BCUT2D eigenvalue weighted by Crippen LogP contribution is -2.40. The third-order valence-corrected chi connectivity index (χ3v) is 3.99. The van der Waals surface area contributed by atoms with Crippen molar-refractivity contribution in [2.24, 2.45) is 7.05 Å². The second-order valence-corrected chi connectivity index (χ2v) is 5.56. The van der Waals surface area contributed by atoms with E-state index in [2.05, 4.69) is 39.7 Å². The minimum Gasteiger partial charge on any atom is -0.346 e. The summed E-state index contributed by atoms with van der Waals surface area (Å²) >= 11 is 0. The largest absolute Gasteiger partial charge is 0.346 e. The number of likely N-dealkylation sites (N-methyl/N-ethyl adjacent to an activating group) is 1. The van der Waals surface area contributed by atoms with E-state index in [9.17, 15) is 4.79 Å². The predicted molar refractivity (Wildman–Crippen MR) is 78.9 cm³/mol. The first kappa shape index (κ1) is 13.8. The van der Waals surface area contributed by atoms with Crippen LogP contribution in [0.1, 0.15) is 22.0 Å². The highest BCUT2D eigenvalue weighted by Crippen LogP contribution is 2.26. The number of amides is 1. The maximum Gasteiger partial charge on any atom is 0.271 e. The number of rotatable bonds is 3. The molecule has 110 valence electrons. The first-order chi connectivity index (χ1) is 10.1. The van der Waals surface area contributed by atoms with Crippen molar-refractivity contribution < 1.29 is 4.79 Å². The van der Waals surface area contributed by atoms with Crippen molar-refractivity contribution in [3.8, 4) is 0 Å². The molecule has 0 radical (unpaired) electrons. The van der Waals surface area contributed by atoms with Crippen molar-refractivity contribution in [2.45, 2.75) is 12.0 Å². The van der Waals surface area contributed by atoms with Crippen LogP contribution in [0.5, 0.6) is 0 Å². The molecule has 0 aliphatic carbocycles. The van der Waals surface area contributed by atoms with Crippen molar-refractivity contribution in [3.05, 3.63) is 47.8 Å². The molecule has 2 atom stereocenters. The molecule has 0 unspecified atom stereocenters. The van der Waals surface area contributed by atoms with Gasteiger partial charge in [-0.15, -0.1) is 5.10 Å². The van der Waals surface area contributed by atoms with Crippen LogP contribution in [0.3, 0.4) is 0 Å². The van der Waals surface area contributed by atoms with Crippen LogP contribution in [0.25, 0.3) is 0 Å². The summed E-state index contributed by atoms with van der Waals surface area (Å²) in [5.41, 5.74) is 1.74. The lowest BCUT2D eigenvalue weighted by Gasteiger charge is -2.20. The minimum atomic E-state index is -0.122. The van der Waals surface area contributed by atoms with Crippen molar-refractivity contribution in [1.29, 1.82) is 0 Å². The molecule has 1 fully saturated rings. The number of benzene rings is 1. The molecule has 21 heavy (non-hydrogen) atoms. The number of hydrogen-bond donors (Lipinski definition) is 1. The van der Waals surface area contributed by atoms with Crippen LogP contribution in [-0.4, -0.2) is 52.0 Å². The van der Waals surface area contributed by atoms with E-state index in [0.29, 0.717) is 11.6 Å². The number of nitrogens with one attached hydrogen (secondary N) is 1. The van der Waals surface area contributed by atoms with Gasteiger partial charge in [-0.25, -0.2) is 4.68 Å².